The van der Waals surface area contributed by atoms with Crippen molar-refractivity contribution in [1.29, 1.82) is 0 Å². The number of rotatable bonds is 11. The molecule has 0 aromatic carbocycles. The SMILES string of the molecule is CC(=O)O[C@H](C/C=C(/C)CCC[C@@H](C)CO[Si](C)(C)C(C)(C)C)C(C)=O. The predicted octanol–water partition coefficient (Wildman–Crippen LogP) is 5.67. The number of carbonyl (C=O) groups excluding carboxylic acids is 2. The van der Waals surface area contributed by atoms with Crippen LogP contribution >= 0.6 is 0 Å². The highest BCUT2D eigenvalue weighted by molar-refractivity contribution is 6.74. The van der Waals surface area contributed by atoms with Crippen LogP contribution in [0, 0.1) is 5.92 Å². The van der Waals surface area contributed by atoms with Crippen molar-refractivity contribution < 1.29 is 18.8 Å². The minimum Gasteiger partial charge on any atom is -0.454 e. The van der Waals surface area contributed by atoms with Gasteiger partial charge in [-0.05, 0) is 57.2 Å². The molecule has 0 aromatic heterocycles. The molecule has 0 N–H and O–H groups in total. The number of hydrogen-bond donors (Lipinski definition) is 0. The lowest BCUT2D eigenvalue weighted by molar-refractivity contribution is -0.152. The third-order valence-electron chi connectivity index (χ3n) is 5.24. The second-order valence-corrected chi connectivity index (χ2v) is 13.9. The molecule has 0 saturated heterocycles. The van der Waals surface area contributed by atoms with E-state index in [0.717, 1.165) is 25.9 Å². The Labute approximate surface area is 161 Å². The third-order valence-corrected chi connectivity index (χ3v) is 9.75. The fourth-order valence-electron chi connectivity index (χ4n) is 2.29. The van der Waals surface area contributed by atoms with Crippen LogP contribution in [0.4, 0.5) is 0 Å². The van der Waals surface area contributed by atoms with E-state index < -0.39 is 20.4 Å². The topological polar surface area (TPSA) is 52.6 Å². The van der Waals surface area contributed by atoms with Crippen molar-refractivity contribution in [2.45, 2.75) is 98.4 Å². The van der Waals surface area contributed by atoms with Gasteiger partial charge in [0.25, 0.3) is 0 Å². The van der Waals surface area contributed by atoms with Gasteiger partial charge in [-0.25, -0.2) is 0 Å². The first-order valence-electron chi connectivity index (χ1n) is 9.73. The summed E-state index contributed by atoms with van der Waals surface area (Å²) >= 11 is 0. The van der Waals surface area contributed by atoms with Crippen LogP contribution in [0.3, 0.4) is 0 Å². The Morgan fingerprint density at radius 3 is 2.15 bits per heavy atom. The summed E-state index contributed by atoms with van der Waals surface area (Å²) in [6.45, 7) is 19.3. The molecule has 5 heteroatoms. The van der Waals surface area contributed by atoms with E-state index in [1.54, 1.807) is 0 Å². The summed E-state index contributed by atoms with van der Waals surface area (Å²) in [5.41, 5.74) is 1.24. The van der Waals surface area contributed by atoms with Gasteiger partial charge in [-0.1, -0.05) is 39.3 Å². The second kappa shape index (κ2) is 11.0. The van der Waals surface area contributed by atoms with Crippen LogP contribution in [0.1, 0.15) is 74.1 Å². The lowest BCUT2D eigenvalue weighted by Crippen LogP contribution is -2.41. The normalized spacial score (nSPS) is 15.5. The maximum atomic E-state index is 11.5. The van der Waals surface area contributed by atoms with Gasteiger partial charge in [-0.15, -0.1) is 0 Å². The zero-order valence-corrected chi connectivity index (χ0v) is 19.4. The number of ketones is 1. The van der Waals surface area contributed by atoms with Crippen LogP contribution in [0.5, 0.6) is 0 Å². The maximum Gasteiger partial charge on any atom is 0.303 e. The molecule has 0 heterocycles. The molecule has 0 aliphatic heterocycles. The minimum absolute atomic E-state index is 0.111. The first-order valence-corrected chi connectivity index (χ1v) is 12.6. The first kappa shape index (κ1) is 25.1. The third kappa shape index (κ3) is 10.3. The Bertz CT molecular complexity index is 489. The number of esters is 1. The summed E-state index contributed by atoms with van der Waals surface area (Å²) in [6, 6.07) is 0. The molecule has 0 aromatic rings. The fourth-order valence-corrected chi connectivity index (χ4v) is 3.42. The summed E-state index contributed by atoms with van der Waals surface area (Å²) in [5.74, 6) is 0.0235. The highest BCUT2D eigenvalue weighted by Crippen LogP contribution is 2.36. The van der Waals surface area contributed by atoms with Gasteiger partial charge in [-0.3, -0.25) is 9.59 Å². The molecule has 152 valence electrons. The molecule has 0 aliphatic carbocycles. The molecule has 0 bridgehead atoms. The summed E-state index contributed by atoms with van der Waals surface area (Å²) in [5, 5.41) is 0.251. The lowest BCUT2D eigenvalue weighted by atomic mass is 10.0. The molecule has 4 nitrogen and oxygen atoms in total. The molecule has 0 aliphatic rings. The predicted molar refractivity (Wildman–Crippen MR) is 111 cm³/mol. The van der Waals surface area contributed by atoms with Gasteiger partial charge in [0.1, 0.15) is 0 Å². The molecular weight excluding hydrogens is 344 g/mol. The van der Waals surface area contributed by atoms with Gasteiger partial charge in [0, 0.05) is 20.0 Å². The fraction of sp³-hybridized carbons (Fsp3) is 0.810. The van der Waals surface area contributed by atoms with Crippen LogP contribution in [-0.2, 0) is 18.8 Å². The average Bonchev–Trinajstić information content (AvgIpc) is 2.47. The lowest BCUT2D eigenvalue weighted by Gasteiger charge is -2.37. The molecule has 0 fully saturated rings. The van der Waals surface area contributed by atoms with E-state index in [4.69, 9.17) is 9.16 Å². The Morgan fingerprint density at radius 1 is 1.12 bits per heavy atom. The molecule has 2 atom stereocenters. The zero-order valence-electron chi connectivity index (χ0n) is 18.4. The molecule has 0 radical (unpaired) electrons. The first-order chi connectivity index (χ1) is 11.8. The molecule has 0 saturated carbocycles. The highest BCUT2D eigenvalue weighted by atomic mass is 28.4. The largest absolute Gasteiger partial charge is 0.454 e. The number of hydrogen-bond acceptors (Lipinski definition) is 4. The standard InChI is InChI=1S/C21H40O4Si/c1-16(13-14-20(18(3)22)25-19(4)23)11-10-12-17(2)15-24-26(8,9)21(5,6)7/h13,17,20H,10-12,14-15H2,1-9H3/b16-13-/t17-,20-/m1/s1. The van der Waals surface area contributed by atoms with Gasteiger partial charge < -0.3 is 9.16 Å². The van der Waals surface area contributed by atoms with Gasteiger partial charge in [0.2, 0.25) is 0 Å². The number of ether oxygens (including phenoxy) is 1. The van der Waals surface area contributed by atoms with Crippen molar-refractivity contribution in [2.24, 2.45) is 5.92 Å². The van der Waals surface area contributed by atoms with Crippen LogP contribution in [0.2, 0.25) is 18.1 Å². The van der Waals surface area contributed by atoms with Gasteiger partial charge in [-0.2, -0.15) is 0 Å². The number of allylic oxidation sites excluding steroid dienone is 1. The maximum absolute atomic E-state index is 11.5. The van der Waals surface area contributed by atoms with Crippen LogP contribution in [-0.4, -0.2) is 32.8 Å². The van der Waals surface area contributed by atoms with Crippen molar-refractivity contribution in [3.05, 3.63) is 11.6 Å². The van der Waals surface area contributed by atoms with E-state index in [9.17, 15) is 9.59 Å². The Kier molecular flexibility index (Phi) is 10.6. The summed E-state index contributed by atoms with van der Waals surface area (Å²) in [6.07, 6.45) is 5.05. The highest BCUT2D eigenvalue weighted by Gasteiger charge is 2.37. The second-order valence-electron chi connectivity index (χ2n) is 9.06. The van der Waals surface area contributed by atoms with Crippen molar-refractivity contribution >= 4 is 20.1 Å². The monoisotopic (exact) mass is 384 g/mol. The van der Waals surface area contributed by atoms with E-state index in [-0.39, 0.29) is 10.8 Å². The number of carbonyl (C=O) groups is 2. The van der Waals surface area contributed by atoms with Gasteiger partial charge in [0.15, 0.2) is 20.2 Å². The van der Waals surface area contributed by atoms with Crippen molar-refractivity contribution in [3.8, 4) is 0 Å². The molecule has 0 unspecified atom stereocenters. The van der Waals surface area contributed by atoms with E-state index in [1.807, 2.05) is 6.08 Å². The van der Waals surface area contributed by atoms with Gasteiger partial charge >= 0.3 is 5.97 Å². The Balaban J connectivity index is 4.25. The van der Waals surface area contributed by atoms with E-state index in [2.05, 4.69) is 47.7 Å². The molecular formula is C21H40O4Si. The van der Waals surface area contributed by atoms with Crippen molar-refractivity contribution in [3.63, 3.8) is 0 Å². The molecule has 26 heavy (non-hydrogen) atoms. The van der Waals surface area contributed by atoms with E-state index >= 15 is 0 Å². The quantitative estimate of drug-likeness (QED) is 0.261. The van der Waals surface area contributed by atoms with Crippen LogP contribution in [0.25, 0.3) is 0 Å². The molecule has 0 spiro atoms. The average molecular weight is 385 g/mol. The van der Waals surface area contributed by atoms with E-state index in [0.29, 0.717) is 12.3 Å². The Hall–Kier alpha value is -0.943. The molecule has 0 rings (SSSR count). The van der Waals surface area contributed by atoms with E-state index in [1.165, 1.54) is 19.4 Å². The zero-order chi connectivity index (χ0) is 20.5. The Morgan fingerprint density at radius 2 is 1.69 bits per heavy atom. The summed E-state index contributed by atoms with van der Waals surface area (Å²) in [4.78, 5) is 22.5. The molecule has 0 amide bonds. The van der Waals surface area contributed by atoms with Crippen molar-refractivity contribution in [1.82, 2.24) is 0 Å². The summed E-state index contributed by atoms with van der Waals surface area (Å²) in [7, 11) is -1.66. The minimum atomic E-state index is -1.66. The summed E-state index contributed by atoms with van der Waals surface area (Å²) < 4.78 is 11.3. The van der Waals surface area contributed by atoms with Gasteiger partial charge in [0.05, 0.1) is 0 Å². The van der Waals surface area contributed by atoms with Crippen LogP contribution < -0.4 is 0 Å². The van der Waals surface area contributed by atoms with Crippen molar-refractivity contribution in [2.75, 3.05) is 6.61 Å². The smallest absolute Gasteiger partial charge is 0.303 e. The number of Topliss-reactive ketones (excluding diaryl/α,β-unsaturated/α-hetero) is 1. The van der Waals surface area contributed by atoms with Crippen LogP contribution in [0.15, 0.2) is 11.6 Å².